The molecule has 0 radical (unpaired) electrons. The van der Waals surface area contributed by atoms with Crippen LogP contribution in [0.3, 0.4) is 0 Å². The van der Waals surface area contributed by atoms with Crippen LogP contribution in [0.4, 0.5) is 0 Å². The maximum absolute atomic E-state index is 11.7. The summed E-state index contributed by atoms with van der Waals surface area (Å²) in [7, 11) is -2.85. The first kappa shape index (κ1) is 16.4. The minimum atomic E-state index is -2.85. The van der Waals surface area contributed by atoms with E-state index in [0.29, 0.717) is 25.2 Å². The average Bonchev–Trinajstić information content (AvgIpc) is 3.22. The van der Waals surface area contributed by atoms with Gasteiger partial charge in [0, 0.05) is 22.0 Å². The number of nitriles is 1. The Morgan fingerprint density at radius 2 is 2.00 bits per heavy atom. The molecule has 3 heterocycles. The highest BCUT2D eigenvalue weighted by atomic mass is 32.2. The van der Waals surface area contributed by atoms with Gasteiger partial charge in [0.05, 0.1) is 24.0 Å². The zero-order chi connectivity index (χ0) is 17.4. The summed E-state index contributed by atoms with van der Waals surface area (Å²) in [6.45, 7) is 0. The Balaban J connectivity index is 1.69. The highest BCUT2D eigenvalue weighted by molar-refractivity contribution is 7.91. The number of hydrogen-bond donors (Lipinski definition) is 1. The fraction of sp³-hybridized carbons (Fsp3) is 0.316. The third-order valence-corrected chi connectivity index (χ3v) is 7.60. The van der Waals surface area contributed by atoms with Crippen LogP contribution in [-0.4, -0.2) is 24.9 Å². The first-order chi connectivity index (χ1) is 12.1. The Labute approximate surface area is 151 Å². The van der Waals surface area contributed by atoms with Gasteiger partial charge in [0.1, 0.15) is 9.84 Å². The molecule has 3 aromatic rings. The van der Waals surface area contributed by atoms with E-state index in [0.717, 1.165) is 21.5 Å². The minimum Gasteiger partial charge on any atom is -0.361 e. The zero-order valence-corrected chi connectivity index (χ0v) is 15.3. The Hall–Kier alpha value is -2.10. The van der Waals surface area contributed by atoms with Crippen molar-refractivity contribution in [2.24, 2.45) is 0 Å². The molecule has 0 bridgehead atoms. The van der Waals surface area contributed by atoms with Crippen molar-refractivity contribution >= 4 is 32.1 Å². The summed E-state index contributed by atoms with van der Waals surface area (Å²) in [5.74, 6) is 0.863. The Morgan fingerprint density at radius 1 is 1.20 bits per heavy atom. The van der Waals surface area contributed by atoms with Crippen LogP contribution in [0.25, 0.3) is 22.0 Å². The maximum Gasteiger partial charge on any atom is 0.150 e. The SMILES string of the molecule is N#CCc1cc(-c2ccc3[nH]cc(C4CCS(=O)(=O)CC4)c3c2)cs1. The molecule has 4 nitrogen and oxygen atoms in total. The monoisotopic (exact) mass is 370 g/mol. The molecule has 0 atom stereocenters. The van der Waals surface area contributed by atoms with E-state index >= 15 is 0 Å². The normalized spacial score (nSPS) is 17.6. The summed E-state index contributed by atoms with van der Waals surface area (Å²) in [5, 5.41) is 12.1. The molecule has 1 aliphatic rings. The number of hydrogen-bond acceptors (Lipinski definition) is 4. The van der Waals surface area contributed by atoms with Gasteiger partial charge < -0.3 is 4.98 Å². The minimum absolute atomic E-state index is 0.284. The predicted octanol–water partition coefficient (Wildman–Crippen LogP) is 4.25. The molecular formula is C19H18N2O2S2. The molecule has 0 unspecified atom stereocenters. The van der Waals surface area contributed by atoms with Crippen LogP contribution >= 0.6 is 11.3 Å². The largest absolute Gasteiger partial charge is 0.361 e. The van der Waals surface area contributed by atoms with Gasteiger partial charge in [0.25, 0.3) is 0 Å². The molecule has 4 rings (SSSR count). The van der Waals surface area contributed by atoms with Crippen LogP contribution in [0.5, 0.6) is 0 Å². The third kappa shape index (κ3) is 3.22. The third-order valence-electron chi connectivity index (χ3n) is 4.95. The number of benzene rings is 1. The highest BCUT2D eigenvalue weighted by Gasteiger charge is 2.26. The zero-order valence-electron chi connectivity index (χ0n) is 13.7. The fourth-order valence-corrected chi connectivity index (χ4v) is 5.88. The standard InChI is InChI=1S/C19H18N2O2S2/c20-6-3-16-9-15(12-24-16)14-1-2-19-17(10-14)18(11-21-19)13-4-7-25(22,23)8-5-13/h1-2,9-13,21H,3-5,7-8H2. The van der Waals surface area contributed by atoms with Crippen molar-refractivity contribution in [2.75, 3.05) is 11.5 Å². The Kier molecular flexibility index (Phi) is 4.14. The van der Waals surface area contributed by atoms with E-state index < -0.39 is 9.84 Å². The fourth-order valence-electron chi connectivity index (χ4n) is 3.56. The topological polar surface area (TPSA) is 73.7 Å². The van der Waals surface area contributed by atoms with Crippen molar-refractivity contribution < 1.29 is 8.42 Å². The van der Waals surface area contributed by atoms with Gasteiger partial charge in [-0.3, -0.25) is 0 Å². The number of fused-ring (bicyclic) bond motifs is 1. The van der Waals surface area contributed by atoms with Gasteiger partial charge >= 0.3 is 0 Å². The summed E-state index contributed by atoms with van der Waals surface area (Å²) >= 11 is 1.61. The molecular weight excluding hydrogens is 352 g/mol. The molecule has 128 valence electrons. The van der Waals surface area contributed by atoms with Crippen LogP contribution < -0.4 is 0 Å². The smallest absolute Gasteiger partial charge is 0.150 e. The number of rotatable bonds is 3. The molecule has 1 saturated heterocycles. The van der Waals surface area contributed by atoms with Crippen LogP contribution in [0, 0.1) is 11.3 Å². The maximum atomic E-state index is 11.7. The molecule has 0 saturated carbocycles. The van der Waals surface area contributed by atoms with E-state index in [1.165, 1.54) is 10.9 Å². The van der Waals surface area contributed by atoms with Gasteiger partial charge in [-0.05, 0) is 59.0 Å². The number of nitrogens with zero attached hydrogens (tertiary/aromatic N) is 1. The van der Waals surface area contributed by atoms with E-state index in [-0.39, 0.29) is 11.5 Å². The molecule has 25 heavy (non-hydrogen) atoms. The van der Waals surface area contributed by atoms with Crippen molar-refractivity contribution in [2.45, 2.75) is 25.2 Å². The number of H-pyrrole nitrogens is 1. The molecule has 0 spiro atoms. The lowest BCUT2D eigenvalue weighted by Crippen LogP contribution is -2.21. The van der Waals surface area contributed by atoms with E-state index in [9.17, 15) is 8.42 Å². The first-order valence-corrected chi connectivity index (χ1v) is 11.0. The molecule has 1 N–H and O–H groups in total. The average molecular weight is 370 g/mol. The van der Waals surface area contributed by atoms with Crippen molar-refractivity contribution in [1.29, 1.82) is 5.26 Å². The second-order valence-corrected chi connectivity index (χ2v) is 9.87. The quantitative estimate of drug-likeness (QED) is 0.749. The van der Waals surface area contributed by atoms with Crippen molar-refractivity contribution in [3.05, 3.63) is 46.3 Å². The molecule has 1 aromatic carbocycles. The van der Waals surface area contributed by atoms with Gasteiger partial charge in [-0.2, -0.15) is 5.26 Å². The highest BCUT2D eigenvalue weighted by Crippen LogP contribution is 2.36. The molecule has 1 aliphatic heterocycles. The predicted molar refractivity (Wildman–Crippen MR) is 102 cm³/mol. The van der Waals surface area contributed by atoms with Gasteiger partial charge in [-0.15, -0.1) is 11.3 Å². The summed E-state index contributed by atoms with van der Waals surface area (Å²) in [6, 6.07) is 10.6. The van der Waals surface area contributed by atoms with Gasteiger partial charge in [0.2, 0.25) is 0 Å². The summed E-state index contributed by atoms with van der Waals surface area (Å²) in [5.41, 5.74) is 4.58. The summed E-state index contributed by atoms with van der Waals surface area (Å²) in [6.07, 6.45) is 3.87. The number of aromatic amines is 1. The first-order valence-electron chi connectivity index (χ1n) is 8.32. The van der Waals surface area contributed by atoms with Crippen molar-refractivity contribution in [3.8, 4) is 17.2 Å². The molecule has 0 aliphatic carbocycles. The second kappa shape index (κ2) is 6.32. The van der Waals surface area contributed by atoms with E-state index in [2.05, 4.69) is 40.7 Å². The van der Waals surface area contributed by atoms with Crippen molar-refractivity contribution in [1.82, 2.24) is 4.98 Å². The van der Waals surface area contributed by atoms with Gasteiger partial charge in [0.15, 0.2) is 0 Å². The van der Waals surface area contributed by atoms with Gasteiger partial charge in [-0.25, -0.2) is 8.42 Å². The van der Waals surface area contributed by atoms with Crippen LogP contribution in [0.1, 0.15) is 29.2 Å². The van der Waals surface area contributed by atoms with Crippen molar-refractivity contribution in [3.63, 3.8) is 0 Å². The van der Waals surface area contributed by atoms with E-state index in [1.807, 2.05) is 6.20 Å². The number of nitrogens with one attached hydrogen (secondary N) is 1. The van der Waals surface area contributed by atoms with E-state index in [1.54, 1.807) is 11.3 Å². The van der Waals surface area contributed by atoms with E-state index in [4.69, 9.17) is 5.26 Å². The second-order valence-electron chi connectivity index (χ2n) is 6.57. The van der Waals surface area contributed by atoms with Crippen LogP contribution in [0.15, 0.2) is 35.8 Å². The molecule has 0 amide bonds. The summed E-state index contributed by atoms with van der Waals surface area (Å²) < 4.78 is 23.4. The number of thiophene rings is 1. The number of aromatic nitrogens is 1. The summed E-state index contributed by atoms with van der Waals surface area (Å²) in [4.78, 5) is 4.39. The molecule has 2 aromatic heterocycles. The molecule has 6 heteroatoms. The van der Waals surface area contributed by atoms with Crippen LogP contribution in [-0.2, 0) is 16.3 Å². The van der Waals surface area contributed by atoms with Gasteiger partial charge in [-0.1, -0.05) is 6.07 Å². The lowest BCUT2D eigenvalue weighted by molar-refractivity contribution is 0.551. The lowest BCUT2D eigenvalue weighted by Gasteiger charge is -2.21. The Bertz CT molecular complexity index is 1060. The number of sulfone groups is 1. The lowest BCUT2D eigenvalue weighted by atomic mass is 9.92. The Morgan fingerprint density at radius 3 is 2.76 bits per heavy atom. The van der Waals surface area contributed by atoms with Crippen LogP contribution in [0.2, 0.25) is 0 Å². The molecule has 1 fully saturated rings.